The summed E-state index contributed by atoms with van der Waals surface area (Å²) >= 11 is 1.56. The van der Waals surface area contributed by atoms with Gasteiger partial charge >= 0.3 is 0 Å². The van der Waals surface area contributed by atoms with Crippen molar-refractivity contribution in [3.8, 4) is 17.2 Å². The Morgan fingerprint density at radius 2 is 2.00 bits per heavy atom. The van der Waals surface area contributed by atoms with Crippen molar-refractivity contribution in [1.29, 1.82) is 0 Å². The highest BCUT2D eigenvalue weighted by Gasteiger charge is 2.30. The summed E-state index contributed by atoms with van der Waals surface area (Å²) in [6, 6.07) is 15.2. The average Bonchev–Trinajstić information content (AvgIpc) is 3.29. The number of fused-ring (bicyclic) bond motifs is 1. The number of rotatable bonds is 5. The van der Waals surface area contributed by atoms with Gasteiger partial charge in [0.25, 0.3) is 0 Å². The first kappa shape index (κ1) is 17.4. The standard InChI is InChI=1S/C22H18O4S/c1-14-10-16(25-13-15-6-3-4-8-18(15)24-2)11-19-21(14)22(23)20(26-19)12-17-7-5-9-27-17/h3-12H,13H2,1-2H3/b20-12-. The third-order valence-electron chi connectivity index (χ3n) is 4.35. The molecule has 5 heteroatoms. The van der Waals surface area contributed by atoms with Gasteiger partial charge in [0.05, 0.1) is 12.7 Å². The van der Waals surface area contributed by atoms with E-state index in [0.29, 0.717) is 29.4 Å². The normalized spacial score (nSPS) is 14.1. The van der Waals surface area contributed by atoms with E-state index in [2.05, 4.69) is 0 Å². The van der Waals surface area contributed by atoms with Gasteiger partial charge in [-0.1, -0.05) is 24.3 Å². The minimum atomic E-state index is -0.0906. The minimum Gasteiger partial charge on any atom is -0.496 e. The SMILES string of the molecule is COc1ccccc1COc1cc(C)c2c(c1)O/C(=C\c1cccs1)C2=O. The zero-order valence-electron chi connectivity index (χ0n) is 15.0. The number of hydrogen-bond acceptors (Lipinski definition) is 5. The summed E-state index contributed by atoms with van der Waals surface area (Å²) in [4.78, 5) is 13.7. The Morgan fingerprint density at radius 3 is 2.78 bits per heavy atom. The molecule has 0 saturated heterocycles. The number of aryl methyl sites for hydroxylation is 1. The molecule has 0 spiro atoms. The second-order valence-corrected chi connectivity index (χ2v) is 7.15. The van der Waals surface area contributed by atoms with Crippen LogP contribution in [0.4, 0.5) is 0 Å². The fourth-order valence-electron chi connectivity index (χ4n) is 3.05. The molecule has 0 unspecified atom stereocenters. The fraction of sp³-hybridized carbons (Fsp3) is 0.136. The van der Waals surface area contributed by atoms with Crippen molar-refractivity contribution in [1.82, 2.24) is 0 Å². The molecule has 4 rings (SSSR count). The monoisotopic (exact) mass is 378 g/mol. The summed E-state index contributed by atoms with van der Waals surface area (Å²) in [5, 5.41) is 1.97. The van der Waals surface area contributed by atoms with Crippen LogP contribution in [0.25, 0.3) is 6.08 Å². The Balaban J connectivity index is 1.57. The number of ketones is 1. The van der Waals surface area contributed by atoms with E-state index >= 15 is 0 Å². The lowest BCUT2D eigenvalue weighted by molar-refractivity contribution is 0.101. The van der Waals surface area contributed by atoms with Crippen LogP contribution in [0.3, 0.4) is 0 Å². The molecule has 0 saturated carbocycles. The molecule has 1 aliphatic heterocycles. The Morgan fingerprint density at radius 1 is 1.15 bits per heavy atom. The molecular weight excluding hydrogens is 360 g/mol. The number of methoxy groups -OCH3 is 1. The van der Waals surface area contributed by atoms with E-state index in [-0.39, 0.29) is 5.78 Å². The average molecular weight is 378 g/mol. The smallest absolute Gasteiger partial charge is 0.232 e. The highest BCUT2D eigenvalue weighted by atomic mass is 32.1. The van der Waals surface area contributed by atoms with E-state index in [0.717, 1.165) is 21.8 Å². The summed E-state index contributed by atoms with van der Waals surface area (Å²) in [7, 11) is 1.64. The molecule has 2 heterocycles. The maximum atomic E-state index is 12.7. The maximum absolute atomic E-state index is 12.7. The van der Waals surface area contributed by atoms with Gasteiger partial charge in [-0.2, -0.15) is 0 Å². The molecule has 2 aromatic carbocycles. The Labute approximate surface area is 161 Å². The van der Waals surface area contributed by atoms with Crippen molar-refractivity contribution in [2.45, 2.75) is 13.5 Å². The van der Waals surface area contributed by atoms with Crippen molar-refractivity contribution in [2.75, 3.05) is 7.11 Å². The van der Waals surface area contributed by atoms with Crippen molar-refractivity contribution in [3.05, 3.63) is 81.2 Å². The van der Waals surface area contributed by atoms with E-state index in [1.165, 1.54) is 0 Å². The number of allylic oxidation sites excluding steroid dienone is 1. The predicted octanol–water partition coefficient (Wildman–Crippen LogP) is 5.26. The number of thiophene rings is 1. The molecule has 0 aliphatic carbocycles. The lowest BCUT2D eigenvalue weighted by Gasteiger charge is -2.11. The molecule has 0 N–H and O–H groups in total. The molecule has 4 nitrogen and oxygen atoms in total. The maximum Gasteiger partial charge on any atom is 0.232 e. The lowest BCUT2D eigenvalue weighted by Crippen LogP contribution is -2.00. The molecule has 0 radical (unpaired) electrons. The summed E-state index contributed by atoms with van der Waals surface area (Å²) in [5.41, 5.74) is 2.39. The van der Waals surface area contributed by atoms with E-state index < -0.39 is 0 Å². The Hall–Kier alpha value is -3.05. The molecule has 3 aromatic rings. The van der Waals surface area contributed by atoms with Crippen LogP contribution < -0.4 is 14.2 Å². The molecule has 0 atom stereocenters. The highest BCUT2D eigenvalue weighted by Crippen LogP contribution is 2.38. The molecule has 27 heavy (non-hydrogen) atoms. The van der Waals surface area contributed by atoms with Gasteiger partial charge in [0.15, 0.2) is 5.76 Å². The quantitative estimate of drug-likeness (QED) is 0.568. The zero-order chi connectivity index (χ0) is 18.8. The molecule has 0 bridgehead atoms. The van der Waals surface area contributed by atoms with E-state index in [9.17, 15) is 4.79 Å². The van der Waals surface area contributed by atoms with Crippen molar-refractivity contribution in [3.63, 3.8) is 0 Å². The topological polar surface area (TPSA) is 44.8 Å². The number of carbonyl (C=O) groups excluding carboxylic acids is 1. The molecule has 0 fully saturated rings. The number of hydrogen-bond donors (Lipinski definition) is 0. The number of carbonyl (C=O) groups is 1. The van der Waals surface area contributed by atoms with Crippen LogP contribution in [0.5, 0.6) is 17.2 Å². The lowest BCUT2D eigenvalue weighted by atomic mass is 10.0. The third kappa shape index (κ3) is 3.46. The third-order valence-corrected chi connectivity index (χ3v) is 5.17. The van der Waals surface area contributed by atoms with Crippen LogP contribution in [0.1, 0.15) is 26.4 Å². The first-order chi connectivity index (χ1) is 13.2. The molecular formula is C22H18O4S. The second-order valence-electron chi connectivity index (χ2n) is 6.17. The summed E-state index contributed by atoms with van der Waals surface area (Å²) in [6.07, 6.45) is 1.78. The first-order valence-corrected chi connectivity index (χ1v) is 9.41. The van der Waals surface area contributed by atoms with E-state index in [4.69, 9.17) is 14.2 Å². The van der Waals surface area contributed by atoms with Crippen LogP contribution in [0.15, 0.2) is 59.7 Å². The van der Waals surface area contributed by atoms with E-state index in [1.807, 2.05) is 54.8 Å². The van der Waals surface area contributed by atoms with Gasteiger partial charge in [-0.15, -0.1) is 11.3 Å². The van der Waals surface area contributed by atoms with Crippen molar-refractivity contribution >= 4 is 23.2 Å². The number of ether oxygens (including phenoxy) is 3. The predicted molar refractivity (Wildman–Crippen MR) is 106 cm³/mol. The van der Waals surface area contributed by atoms with Gasteiger partial charge in [0.1, 0.15) is 23.9 Å². The highest BCUT2D eigenvalue weighted by molar-refractivity contribution is 7.10. The van der Waals surface area contributed by atoms with Gasteiger partial charge in [-0.3, -0.25) is 4.79 Å². The van der Waals surface area contributed by atoms with Gasteiger partial charge in [-0.25, -0.2) is 0 Å². The van der Waals surface area contributed by atoms with Gasteiger partial charge in [0, 0.05) is 22.6 Å². The summed E-state index contributed by atoms with van der Waals surface area (Å²) in [5.74, 6) is 2.23. The summed E-state index contributed by atoms with van der Waals surface area (Å²) in [6.45, 7) is 2.26. The fourth-order valence-corrected chi connectivity index (χ4v) is 3.69. The van der Waals surface area contributed by atoms with Gasteiger partial charge in [-0.05, 0) is 36.1 Å². The second kappa shape index (κ2) is 7.29. The number of benzene rings is 2. The van der Waals surface area contributed by atoms with Gasteiger partial charge in [0.2, 0.25) is 5.78 Å². The minimum absolute atomic E-state index is 0.0906. The zero-order valence-corrected chi connectivity index (χ0v) is 15.8. The van der Waals surface area contributed by atoms with Crippen molar-refractivity contribution in [2.24, 2.45) is 0 Å². The first-order valence-electron chi connectivity index (χ1n) is 8.53. The summed E-state index contributed by atoms with van der Waals surface area (Å²) < 4.78 is 17.1. The Kier molecular flexibility index (Phi) is 4.69. The molecule has 136 valence electrons. The van der Waals surface area contributed by atoms with Crippen LogP contribution in [-0.2, 0) is 6.61 Å². The molecule has 1 aromatic heterocycles. The van der Waals surface area contributed by atoms with Crippen molar-refractivity contribution < 1.29 is 19.0 Å². The van der Waals surface area contributed by atoms with E-state index in [1.54, 1.807) is 30.6 Å². The Bertz CT molecular complexity index is 1020. The molecule has 0 amide bonds. The van der Waals surface area contributed by atoms with Crippen LogP contribution in [0, 0.1) is 6.92 Å². The largest absolute Gasteiger partial charge is 0.496 e. The number of para-hydroxylation sites is 1. The van der Waals surface area contributed by atoms with Crippen LogP contribution >= 0.6 is 11.3 Å². The van der Waals surface area contributed by atoms with Crippen LogP contribution in [-0.4, -0.2) is 12.9 Å². The van der Waals surface area contributed by atoms with Gasteiger partial charge < -0.3 is 14.2 Å². The van der Waals surface area contributed by atoms with Crippen LogP contribution in [0.2, 0.25) is 0 Å². The number of Topliss-reactive ketones (excluding diaryl/α,β-unsaturated/α-hetero) is 1. The molecule has 1 aliphatic rings.